The third kappa shape index (κ3) is 6.46. The molecular weight excluding hydrogens is 549 g/mol. The molecule has 1 amide bonds. The van der Waals surface area contributed by atoms with Gasteiger partial charge in [-0.25, -0.2) is 18.4 Å². The summed E-state index contributed by atoms with van der Waals surface area (Å²) in [5, 5.41) is 3.32. The van der Waals surface area contributed by atoms with E-state index in [-0.39, 0.29) is 37.4 Å². The lowest BCUT2D eigenvalue weighted by molar-refractivity contribution is 0.0954. The fourth-order valence-corrected chi connectivity index (χ4v) is 4.64. The quantitative estimate of drug-likeness (QED) is 0.251. The summed E-state index contributed by atoms with van der Waals surface area (Å²) < 4.78 is 33.9. The number of sulfonamides is 1. The Hall–Kier alpha value is -3.31. The zero-order valence-electron chi connectivity index (χ0n) is 18.3. The summed E-state index contributed by atoms with van der Waals surface area (Å²) in [6.07, 6.45) is 5.26. The van der Waals surface area contributed by atoms with Crippen LogP contribution in [0.15, 0.2) is 72.1 Å². The van der Waals surface area contributed by atoms with Crippen LogP contribution in [-0.2, 0) is 16.4 Å². The lowest BCUT2D eigenvalue weighted by Gasteiger charge is -2.13. The number of H-pyrrole nitrogens is 1. The van der Waals surface area contributed by atoms with Crippen LogP contribution in [0, 0.1) is 0 Å². The summed E-state index contributed by atoms with van der Waals surface area (Å²) in [4.78, 5) is 23.3. The molecular formula is C23H18Cl3N5O4S. The van der Waals surface area contributed by atoms with E-state index in [0.717, 1.165) is 5.69 Å². The van der Waals surface area contributed by atoms with E-state index in [2.05, 4.69) is 25.0 Å². The maximum absolute atomic E-state index is 12.9. The fraction of sp³-hybridized carbons (Fsp3) is 0.0870. The van der Waals surface area contributed by atoms with Crippen LogP contribution in [0.2, 0.25) is 15.1 Å². The number of imidazole rings is 1. The number of aromatic nitrogens is 3. The van der Waals surface area contributed by atoms with Crippen LogP contribution in [-0.4, -0.2) is 35.8 Å². The Morgan fingerprint density at radius 2 is 1.78 bits per heavy atom. The van der Waals surface area contributed by atoms with E-state index < -0.39 is 10.0 Å². The van der Waals surface area contributed by atoms with Crippen molar-refractivity contribution in [2.24, 2.45) is 0 Å². The number of anilines is 1. The minimum atomic E-state index is -4.06. The van der Waals surface area contributed by atoms with Crippen LogP contribution >= 0.6 is 34.8 Å². The average Bonchev–Trinajstić information content (AvgIpc) is 3.36. The number of nitrogens with zero attached hydrogens (tertiary/aromatic N) is 2. The van der Waals surface area contributed by atoms with Gasteiger partial charge in [0.1, 0.15) is 11.4 Å². The largest absolute Gasteiger partial charge is 0.437 e. The number of halogens is 3. The maximum Gasteiger partial charge on any atom is 0.262 e. The predicted molar refractivity (Wildman–Crippen MR) is 138 cm³/mol. The van der Waals surface area contributed by atoms with Crippen molar-refractivity contribution < 1.29 is 17.9 Å². The van der Waals surface area contributed by atoms with Crippen molar-refractivity contribution in [1.29, 1.82) is 0 Å². The second-order valence-electron chi connectivity index (χ2n) is 7.38. The van der Waals surface area contributed by atoms with Crippen molar-refractivity contribution in [1.82, 2.24) is 20.3 Å². The third-order valence-corrected chi connectivity index (χ3v) is 7.12. The standard InChI is InChI=1S/C23H18Cl3N5O4S/c24-15-9-21(31-36(33,34)18-5-6-19(25)20(26)10-18)23(29-11-15)35-17-3-1-14(2-4-17)22(32)28-8-7-16-12-27-13-30-16/h1-6,9-13,31H,7-8H2,(H,27,30)(H,28,32). The number of nitrogens with one attached hydrogen (secondary N) is 3. The van der Waals surface area contributed by atoms with Crippen molar-refractivity contribution in [3.8, 4) is 11.6 Å². The van der Waals surface area contributed by atoms with E-state index in [1.165, 1.54) is 30.5 Å². The molecule has 0 aliphatic carbocycles. The van der Waals surface area contributed by atoms with Crippen molar-refractivity contribution in [3.05, 3.63) is 93.6 Å². The first-order valence-electron chi connectivity index (χ1n) is 10.4. The van der Waals surface area contributed by atoms with Crippen LogP contribution in [0.5, 0.6) is 11.6 Å². The first kappa shape index (κ1) is 25.8. The van der Waals surface area contributed by atoms with Crippen molar-refractivity contribution in [2.45, 2.75) is 11.3 Å². The Labute approximate surface area is 221 Å². The normalized spacial score (nSPS) is 11.2. The monoisotopic (exact) mass is 565 g/mol. The zero-order chi connectivity index (χ0) is 25.7. The van der Waals surface area contributed by atoms with Crippen LogP contribution in [0.25, 0.3) is 0 Å². The molecule has 0 bridgehead atoms. The smallest absolute Gasteiger partial charge is 0.262 e. The van der Waals surface area contributed by atoms with Gasteiger partial charge in [-0.3, -0.25) is 9.52 Å². The lowest BCUT2D eigenvalue weighted by atomic mass is 10.2. The molecule has 0 unspecified atom stereocenters. The highest BCUT2D eigenvalue weighted by molar-refractivity contribution is 7.92. The van der Waals surface area contributed by atoms with E-state index >= 15 is 0 Å². The molecule has 4 rings (SSSR count). The molecule has 0 saturated carbocycles. The van der Waals surface area contributed by atoms with Gasteiger partial charge in [0.15, 0.2) is 0 Å². The summed E-state index contributed by atoms with van der Waals surface area (Å²) in [6.45, 7) is 0.430. The van der Waals surface area contributed by atoms with Crippen LogP contribution in [0.3, 0.4) is 0 Å². The van der Waals surface area contributed by atoms with Gasteiger partial charge >= 0.3 is 0 Å². The molecule has 0 fully saturated rings. The number of carbonyl (C=O) groups excluding carboxylic acids is 1. The molecule has 2 aromatic carbocycles. The highest BCUT2D eigenvalue weighted by atomic mass is 35.5. The van der Waals surface area contributed by atoms with Gasteiger partial charge in [-0.2, -0.15) is 0 Å². The molecule has 0 radical (unpaired) electrons. The Kier molecular flexibility index (Phi) is 8.00. The number of hydrogen-bond donors (Lipinski definition) is 3. The Morgan fingerprint density at radius 3 is 2.47 bits per heavy atom. The third-order valence-electron chi connectivity index (χ3n) is 4.82. The number of carbonyl (C=O) groups is 1. The van der Waals surface area contributed by atoms with Crippen molar-refractivity contribution in [2.75, 3.05) is 11.3 Å². The molecule has 3 N–H and O–H groups in total. The molecule has 2 aromatic heterocycles. The second kappa shape index (κ2) is 11.2. The fourth-order valence-electron chi connectivity index (χ4n) is 3.05. The molecule has 0 spiro atoms. The van der Waals surface area contributed by atoms with E-state index in [9.17, 15) is 13.2 Å². The SMILES string of the molecule is O=C(NCCc1c[nH]cn1)c1ccc(Oc2ncc(Cl)cc2NS(=O)(=O)c2ccc(Cl)c(Cl)c2)cc1. The molecule has 36 heavy (non-hydrogen) atoms. The van der Waals surface area contributed by atoms with Gasteiger partial charge in [-0.15, -0.1) is 0 Å². The van der Waals surface area contributed by atoms with E-state index in [1.807, 2.05) is 0 Å². The van der Waals surface area contributed by atoms with Gasteiger partial charge in [0.25, 0.3) is 15.9 Å². The molecule has 0 atom stereocenters. The second-order valence-corrected chi connectivity index (χ2v) is 10.3. The number of pyridine rings is 1. The van der Waals surface area contributed by atoms with Gasteiger partial charge in [0, 0.05) is 30.9 Å². The lowest BCUT2D eigenvalue weighted by Crippen LogP contribution is -2.25. The predicted octanol–water partition coefficient (Wildman–Crippen LogP) is 5.33. The number of hydrogen-bond acceptors (Lipinski definition) is 6. The van der Waals surface area contributed by atoms with Gasteiger partial charge in [-0.1, -0.05) is 34.8 Å². The first-order chi connectivity index (χ1) is 17.2. The van der Waals surface area contributed by atoms with Crippen molar-refractivity contribution in [3.63, 3.8) is 0 Å². The first-order valence-corrected chi connectivity index (χ1v) is 13.0. The number of benzene rings is 2. The minimum Gasteiger partial charge on any atom is -0.437 e. The summed E-state index contributed by atoms with van der Waals surface area (Å²) in [5.41, 5.74) is 1.28. The molecule has 0 aliphatic heterocycles. The molecule has 2 heterocycles. The highest BCUT2D eigenvalue weighted by Crippen LogP contribution is 2.32. The molecule has 9 nitrogen and oxygen atoms in total. The Bertz CT molecular complexity index is 1480. The summed E-state index contributed by atoms with van der Waals surface area (Å²) in [5.74, 6) is 0.0314. The molecule has 186 valence electrons. The summed E-state index contributed by atoms with van der Waals surface area (Å²) >= 11 is 17.9. The van der Waals surface area contributed by atoms with Crippen LogP contribution in [0.4, 0.5) is 5.69 Å². The molecule has 4 aromatic rings. The number of aromatic amines is 1. The van der Waals surface area contributed by atoms with Crippen molar-refractivity contribution >= 4 is 56.4 Å². The molecule has 0 saturated heterocycles. The van der Waals surface area contributed by atoms with E-state index in [1.54, 1.807) is 36.8 Å². The van der Waals surface area contributed by atoms with Gasteiger partial charge in [0.05, 0.1) is 32.0 Å². The van der Waals surface area contributed by atoms with Gasteiger partial charge in [-0.05, 0) is 48.5 Å². The summed E-state index contributed by atoms with van der Waals surface area (Å²) in [6, 6.07) is 11.6. The molecule has 0 aliphatic rings. The van der Waals surface area contributed by atoms with Crippen LogP contribution < -0.4 is 14.8 Å². The van der Waals surface area contributed by atoms with E-state index in [0.29, 0.717) is 24.3 Å². The van der Waals surface area contributed by atoms with Gasteiger partial charge in [0.2, 0.25) is 5.88 Å². The Balaban J connectivity index is 1.46. The van der Waals surface area contributed by atoms with E-state index in [4.69, 9.17) is 39.5 Å². The van der Waals surface area contributed by atoms with Gasteiger partial charge < -0.3 is 15.0 Å². The molecule has 13 heteroatoms. The number of amides is 1. The number of ether oxygens (including phenoxy) is 1. The minimum absolute atomic E-state index is 0.00811. The number of rotatable bonds is 9. The Morgan fingerprint density at radius 1 is 1.00 bits per heavy atom. The zero-order valence-corrected chi connectivity index (χ0v) is 21.4. The topological polar surface area (TPSA) is 126 Å². The van der Waals surface area contributed by atoms with Crippen LogP contribution in [0.1, 0.15) is 16.1 Å². The average molecular weight is 567 g/mol. The maximum atomic E-state index is 12.9. The highest BCUT2D eigenvalue weighted by Gasteiger charge is 2.19. The summed E-state index contributed by atoms with van der Waals surface area (Å²) in [7, 11) is -4.06.